The number of thioether (sulfide) groups is 1. The van der Waals surface area contributed by atoms with Gasteiger partial charge < -0.3 is 4.90 Å². The van der Waals surface area contributed by atoms with Crippen molar-refractivity contribution in [1.29, 1.82) is 0 Å². The molecule has 0 spiro atoms. The van der Waals surface area contributed by atoms with Gasteiger partial charge in [-0.15, -0.1) is 18.3 Å². The Morgan fingerprint density at radius 1 is 1.89 bits per heavy atom. The Hall–Kier alpha value is -0.0200. The number of likely N-dealkylation sites (N-methyl/N-ethyl adjacent to an activating group) is 1. The van der Waals surface area contributed by atoms with E-state index in [0.717, 1.165) is 10.9 Å². The molecule has 0 aliphatic carbocycles. The van der Waals surface area contributed by atoms with Crippen LogP contribution in [0, 0.1) is 0 Å². The minimum atomic E-state index is 0.833. The fourth-order valence-corrected chi connectivity index (χ4v) is 0.885. The summed E-state index contributed by atoms with van der Waals surface area (Å²) in [5, 5.41) is 0. The second-order valence-corrected chi connectivity index (χ2v) is 3.08. The summed E-state index contributed by atoms with van der Waals surface area (Å²) in [6.45, 7) is 4.44. The van der Waals surface area contributed by atoms with Crippen LogP contribution in [-0.2, 0) is 0 Å². The van der Waals surface area contributed by atoms with Crippen LogP contribution in [0.3, 0.4) is 0 Å². The van der Waals surface area contributed by atoms with Crippen LogP contribution >= 0.6 is 24.0 Å². The summed E-state index contributed by atoms with van der Waals surface area (Å²) in [5.41, 5.74) is 0. The van der Waals surface area contributed by atoms with Gasteiger partial charge in [0.15, 0.2) is 0 Å². The van der Waals surface area contributed by atoms with Gasteiger partial charge >= 0.3 is 0 Å². The first kappa shape index (κ1) is 8.98. The van der Waals surface area contributed by atoms with E-state index in [0.29, 0.717) is 0 Å². The Morgan fingerprint density at radius 2 is 2.44 bits per heavy atom. The third-order valence-electron chi connectivity index (χ3n) is 0.889. The highest BCUT2D eigenvalue weighted by atomic mass is 32.2. The van der Waals surface area contributed by atoms with E-state index in [9.17, 15) is 0 Å². The molecule has 0 atom stereocenters. The fourth-order valence-electron chi connectivity index (χ4n) is 0.424. The second kappa shape index (κ2) is 4.82. The van der Waals surface area contributed by atoms with Crippen LogP contribution in [0.2, 0.25) is 0 Å². The number of thiocarbonyl (C=S) groups is 1. The predicted molar refractivity (Wildman–Crippen MR) is 48.9 cm³/mol. The summed E-state index contributed by atoms with van der Waals surface area (Å²) in [5.74, 6) is 0. The molecule has 52 valence electrons. The Bertz CT molecular complexity index is 112. The first-order valence-electron chi connectivity index (χ1n) is 2.62. The summed E-state index contributed by atoms with van der Waals surface area (Å²) < 4.78 is 0.912. The first-order valence-corrected chi connectivity index (χ1v) is 4.25. The zero-order valence-corrected chi connectivity index (χ0v) is 7.39. The number of rotatable bonds is 2. The lowest BCUT2D eigenvalue weighted by molar-refractivity contribution is 0.586. The smallest absolute Gasteiger partial charge is 0.136 e. The van der Waals surface area contributed by atoms with Gasteiger partial charge in [0.05, 0.1) is 0 Å². The lowest BCUT2D eigenvalue weighted by Crippen LogP contribution is -2.21. The molecule has 0 N–H and O–H groups in total. The van der Waals surface area contributed by atoms with Crippen molar-refractivity contribution in [2.45, 2.75) is 0 Å². The largest absolute Gasteiger partial charge is 0.357 e. The molecule has 0 saturated heterocycles. The van der Waals surface area contributed by atoms with Crippen molar-refractivity contribution >= 4 is 28.3 Å². The molecule has 0 heterocycles. The summed E-state index contributed by atoms with van der Waals surface area (Å²) >= 11 is 6.57. The fraction of sp³-hybridized carbons (Fsp3) is 0.500. The summed E-state index contributed by atoms with van der Waals surface area (Å²) in [7, 11) is 1.96. The third-order valence-corrected chi connectivity index (χ3v) is 2.36. The number of hydrogen-bond donors (Lipinski definition) is 0. The highest BCUT2D eigenvalue weighted by Gasteiger charge is 1.96. The summed E-state index contributed by atoms with van der Waals surface area (Å²) in [6.07, 6.45) is 3.81. The van der Waals surface area contributed by atoms with E-state index in [1.54, 1.807) is 11.8 Å². The Morgan fingerprint density at radius 3 is 2.78 bits per heavy atom. The van der Waals surface area contributed by atoms with E-state index in [2.05, 4.69) is 6.58 Å². The average Bonchev–Trinajstić information content (AvgIpc) is 1.87. The molecule has 0 unspecified atom stereocenters. The van der Waals surface area contributed by atoms with Crippen LogP contribution in [0.25, 0.3) is 0 Å². The van der Waals surface area contributed by atoms with Gasteiger partial charge in [-0.1, -0.05) is 18.3 Å². The minimum Gasteiger partial charge on any atom is -0.357 e. The van der Waals surface area contributed by atoms with E-state index < -0.39 is 0 Å². The Balaban J connectivity index is 3.58. The van der Waals surface area contributed by atoms with Gasteiger partial charge in [-0.3, -0.25) is 0 Å². The maximum atomic E-state index is 4.98. The topological polar surface area (TPSA) is 3.24 Å². The van der Waals surface area contributed by atoms with Crippen molar-refractivity contribution in [1.82, 2.24) is 4.90 Å². The van der Waals surface area contributed by atoms with Crippen molar-refractivity contribution in [3.05, 3.63) is 12.7 Å². The van der Waals surface area contributed by atoms with Crippen molar-refractivity contribution in [3.63, 3.8) is 0 Å². The normalized spacial score (nSPS) is 8.67. The summed E-state index contributed by atoms with van der Waals surface area (Å²) in [6, 6.07) is 0. The molecule has 9 heavy (non-hydrogen) atoms. The van der Waals surface area contributed by atoms with Crippen LogP contribution in [0.15, 0.2) is 12.7 Å². The van der Waals surface area contributed by atoms with Crippen LogP contribution in [0.4, 0.5) is 0 Å². The molecule has 0 radical (unpaired) electrons. The molecule has 0 rings (SSSR count). The SMILES string of the molecule is C=CCN(C)C(=S)SC. The van der Waals surface area contributed by atoms with E-state index in [4.69, 9.17) is 12.2 Å². The first-order chi connectivity index (χ1) is 4.22. The van der Waals surface area contributed by atoms with E-state index in [1.807, 2.05) is 24.3 Å². The molecule has 0 bridgehead atoms. The van der Waals surface area contributed by atoms with Gasteiger partial charge in [-0.2, -0.15) is 0 Å². The number of hydrogen-bond acceptors (Lipinski definition) is 2. The van der Waals surface area contributed by atoms with Crippen molar-refractivity contribution < 1.29 is 0 Å². The molecule has 3 heteroatoms. The molecular formula is C6H11NS2. The predicted octanol–water partition coefficient (Wildman–Crippen LogP) is 1.75. The van der Waals surface area contributed by atoms with Gasteiger partial charge in [0.25, 0.3) is 0 Å². The van der Waals surface area contributed by atoms with Gasteiger partial charge in [0, 0.05) is 13.6 Å². The highest BCUT2D eigenvalue weighted by molar-refractivity contribution is 8.22. The van der Waals surface area contributed by atoms with Crippen LogP contribution < -0.4 is 0 Å². The molecule has 0 amide bonds. The standard InChI is InChI=1S/C6H11NS2/c1-4-5-7(2)6(8)9-3/h4H,1,5H2,2-3H3. The zero-order valence-electron chi connectivity index (χ0n) is 5.76. The third kappa shape index (κ3) is 3.54. The molecule has 0 saturated carbocycles. The van der Waals surface area contributed by atoms with Gasteiger partial charge in [-0.05, 0) is 6.26 Å². The lowest BCUT2D eigenvalue weighted by atomic mass is 10.6. The molecule has 0 aliphatic rings. The molecule has 0 aromatic carbocycles. The van der Waals surface area contributed by atoms with Crippen molar-refractivity contribution in [3.8, 4) is 0 Å². The van der Waals surface area contributed by atoms with Crippen LogP contribution in [-0.4, -0.2) is 29.1 Å². The van der Waals surface area contributed by atoms with E-state index >= 15 is 0 Å². The van der Waals surface area contributed by atoms with E-state index in [-0.39, 0.29) is 0 Å². The molecule has 0 aromatic heterocycles. The maximum Gasteiger partial charge on any atom is 0.136 e. The Kier molecular flexibility index (Phi) is 4.81. The second-order valence-electron chi connectivity index (χ2n) is 1.64. The lowest BCUT2D eigenvalue weighted by Gasteiger charge is -2.14. The molecule has 0 aliphatic heterocycles. The van der Waals surface area contributed by atoms with Gasteiger partial charge in [0.2, 0.25) is 0 Å². The number of nitrogens with zero attached hydrogens (tertiary/aromatic N) is 1. The zero-order chi connectivity index (χ0) is 7.28. The van der Waals surface area contributed by atoms with Crippen molar-refractivity contribution in [2.24, 2.45) is 0 Å². The molecule has 0 fully saturated rings. The van der Waals surface area contributed by atoms with Gasteiger partial charge in [-0.25, -0.2) is 0 Å². The minimum absolute atomic E-state index is 0.833. The summed E-state index contributed by atoms with van der Waals surface area (Å²) in [4.78, 5) is 1.98. The highest BCUT2D eigenvalue weighted by Crippen LogP contribution is 2.01. The molecule has 0 aromatic rings. The van der Waals surface area contributed by atoms with Crippen LogP contribution in [0.5, 0.6) is 0 Å². The quantitative estimate of drug-likeness (QED) is 0.449. The van der Waals surface area contributed by atoms with Gasteiger partial charge in [0.1, 0.15) is 4.32 Å². The Labute approximate surface area is 66.1 Å². The molecule has 1 nitrogen and oxygen atoms in total. The van der Waals surface area contributed by atoms with Crippen LogP contribution in [0.1, 0.15) is 0 Å². The average molecular weight is 161 g/mol. The van der Waals surface area contributed by atoms with E-state index in [1.165, 1.54) is 0 Å². The molecular weight excluding hydrogens is 150 g/mol. The monoisotopic (exact) mass is 161 g/mol. The van der Waals surface area contributed by atoms with Crippen molar-refractivity contribution in [2.75, 3.05) is 19.8 Å². The maximum absolute atomic E-state index is 4.98.